The van der Waals surface area contributed by atoms with Crippen LogP contribution < -0.4 is 0 Å². The van der Waals surface area contributed by atoms with Gasteiger partial charge < -0.3 is 14.9 Å². The average Bonchev–Trinajstić information content (AvgIpc) is 3.16. The van der Waals surface area contributed by atoms with Gasteiger partial charge in [-0.25, -0.2) is 17.5 Å². The number of alkyl halides is 3. The van der Waals surface area contributed by atoms with Crippen LogP contribution >= 0.6 is 0 Å². The van der Waals surface area contributed by atoms with Crippen molar-refractivity contribution in [3.63, 3.8) is 0 Å². The lowest BCUT2D eigenvalue weighted by Crippen LogP contribution is -2.44. The molecule has 3 saturated heterocycles. The summed E-state index contributed by atoms with van der Waals surface area (Å²) in [5.41, 5.74) is 0.966. The number of likely N-dealkylation sites (tertiary alicyclic amines) is 1. The Bertz CT molecular complexity index is 936. The third kappa shape index (κ3) is 8.14. The lowest BCUT2D eigenvalue weighted by Gasteiger charge is -2.38. The summed E-state index contributed by atoms with van der Waals surface area (Å²) in [6.45, 7) is 4.59. The summed E-state index contributed by atoms with van der Waals surface area (Å²) < 4.78 is 65.1. The number of carbonyl (C=O) groups is 1. The van der Waals surface area contributed by atoms with Crippen molar-refractivity contribution in [3.05, 3.63) is 35.9 Å². The van der Waals surface area contributed by atoms with E-state index in [-0.39, 0.29) is 23.4 Å². The molecule has 1 aromatic rings. The van der Waals surface area contributed by atoms with E-state index in [4.69, 9.17) is 14.6 Å². The smallest absolute Gasteiger partial charge is 0.475 e. The minimum Gasteiger partial charge on any atom is -0.475 e. The zero-order chi connectivity index (χ0) is 25.7. The highest BCUT2D eigenvalue weighted by molar-refractivity contribution is 7.88. The van der Waals surface area contributed by atoms with E-state index >= 15 is 0 Å². The summed E-state index contributed by atoms with van der Waals surface area (Å²) in [4.78, 5) is 11.2. The number of hydrogen-bond donors (Lipinski definition) is 2. The number of rotatable bonds is 5. The van der Waals surface area contributed by atoms with Crippen LogP contribution in [0.5, 0.6) is 0 Å². The molecule has 0 aliphatic carbocycles. The summed E-state index contributed by atoms with van der Waals surface area (Å²) in [7, 11) is -3.27. The fraction of sp³-hybridized carbons (Fsp3) is 0.696. The van der Waals surface area contributed by atoms with Crippen LogP contribution in [0.3, 0.4) is 0 Å². The Morgan fingerprint density at radius 1 is 1.14 bits per heavy atom. The van der Waals surface area contributed by atoms with Crippen LogP contribution in [0.25, 0.3) is 0 Å². The molecule has 12 heteroatoms. The maximum Gasteiger partial charge on any atom is 0.490 e. The molecule has 3 heterocycles. The topological polar surface area (TPSA) is 107 Å². The van der Waals surface area contributed by atoms with E-state index < -0.39 is 22.2 Å². The molecule has 35 heavy (non-hydrogen) atoms. The molecule has 0 amide bonds. The van der Waals surface area contributed by atoms with Crippen molar-refractivity contribution in [3.8, 4) is 0 Å². The van der Waals surface area contributed by atoms with Crippen LogP contribution in [0.1, 0.15) is 37.7 Å². The lowest BCUT2D eigenvalue weighted by atomic mass is 9.77. The van der Waals surface area contributed by atoms with Crippen LogP contribution in [-0.2, 0) is 25.3 Å². The van der Waals surface area contributed by atoms with E-state index in [9.17, 15) is 26.7 Å². The maximum atomic E-state index is 12.8. The van der Waals surface area contributed by atoms with Gasteiger partial charge in [-0.1, -0.05) is 30.3 Å². The molecule has 198 valence electrons. The molecule has 4 rings (SSSR count). The number of benzene rings is 1. The number of ether oxygens (including phenoxy) is 1. The third-order valence-corrected chi connectivity index (χ3v) is 8.69. The predicted molar refractivity (Wildman–Crippen MR) is 122 cm³/mol. The van der Waals surface area contributed by atoms with E-state index in [1.807, 2.05) is 30.3 Å². The predicted octanol–water partition coefficient (Wildman–Crippen LogP) is 2.48. The van der Waals surface area contributed by atoms with Crippen molar-refractivity contribution in [2.75, 3.05) is 39.3 Å². The first-order valence-corrected chi connectivity index (χ1v) is 13.3. The van der Waals surface area contributed by atoms with Gasteiger partial charge >= 0.3 is 12.1 Å². The highest BCUT2D eigenvalue weighted by Crippen LogP contribution is 2.43. The number of halogens is 3. The number of carboxylic acids is 1. The minimum absolute atomic E-state index is 0.0806. The van der Waals surface area contributed by atoms with Crippen molar-refractivity contribution < 1.29 is 41.3 Å². The highest BCUT2D eigenvalue weighted by atomic mass is 32.2. The number of piperidine rings is 2. The summed E-state index contributed by atoms with van der Waals surface area (Å²) in [5.74, 6) is -2.68. The zero-order valence-corrected chi connectivity index (χ0v) is 20.3. The van der Waals surface area contributed by atoms with Gasteiger partial charge in [0.25, 0.3) is 0 Å². The number of aliphatic carboxylic acids is 1. The van der Waals surface area contributed by atoms with Crippen molar-refractivity contribution in [2.24, 2.45) is 5.41 Å². The second-order valence-corrected chi connectivity index (χ2v) is 11.6. The quantitative estimate of drug-likeness (QED) is 0.612. The van der Waals surface area contributed by atoms with E-state index in [1.165, 1.54) is 0 Å². The number of aliphatic hydroxyl groups is 1. The number of aliphatic hydroxyl groups excluding tert-OH is 1. The maximum absolute atomic E-state index is 12.8. The van der Waals surface area contributed by atoms with E-state index in [1.54, 1.807) is 4.31 Å². The average molecular weight is 523 g/mol. The largest absolute Gasteiger partial charge is 0.490 e. The molecule has 8 nitrogen and oxygen atoms in total. The monoisotopic (exact) mass is 522 g/mol. The fourth-order valence-corrected chi connectivity index (χ4v) is 6.50. The Labute approximate surface area is 203 Å². The molecule has 0 aromatic heterocycles. The molecule has 3 fully saturated rings. The van der Waals surface area contributed by atoms with Gasteiger partial charge in [0.2, 0.25) is 10.0 Å². The van der Waals surface area contributed by atoms with Crippen LogP contribution in [0.15, 0.2) is 30.3 Å². The van der Waals surface area contributed by atoms with E-state index in [2.05, 4.69) is 4.90 Å². The van der Waals surface area contributed by atoms with Gasteiger partial charge in [0.05, 0.1) is 24.6 Å². The number of nitrogens with zero attached hydrogens (tertiary/aromatic N) is 2. The molecule has 3 aliphatic heterocycles. The first-order chi connectivity index (χ1) is 16.4. The van der Waals surface area contributed by atoms with Crippen LogP contribution in [0.4, 0.5) is 13.2 Å². The van der Waals surface area contributed by atoms with Crippen LogP contribution in [-0.4, -0.2) is 91.5 Å². The Balaban J connectivity index is 0.000000429. The Kier molecular flexibility index (Phi) is 9.19. The van der Waals surface area contributed by atoms with Crippen molar-refractivity contribution in [1.82, 2.24) is 9.21 Å². The summed E-state index contributed by atoms with van der Waals surface area (Å²) in [5, 5.41) is 17.0. The molecule has 1 aromatic carbocycles. The van der Waals surface area contributed by atoms with Gasteiger partial charge in [0, 0.05) is 26.2 Å². The molecular formula is C23H33F3N2O6S. The molecule has 2 unspecified atom stereocenters. The van der Waals surface area contributed by atoms with Gasteiger partial charge in [0.15, 0.2) is 0 Å². The summed E-state index contributed by atoms with van der Waals surface area (Å²) in [6, 6.07) is 9.41. The Morgan fingerprint density at radius 2 is 1.77 bits per heavy atom. The molecule has 1 spiro atoms. The summed E-state index contributed by atoms with van der Waals surface area (Å²) in [6.07, 6.45) is -0.376. The minimum atomic E-state index is -5.08. The summed E-state index contributed by atoms with van der Waals surface area (Å²) >= 11 is 0. The number of β-amino-alcohol motifs (C(OH)–C–C–N with tert-alkyl or cyclic N) is 1. The second-order valence-electron chi connectivity index (χ2n) is 9.64. The van der Waals surface area contributed by atoms with E-state index in [0.29, 0.717) is 13.1 Å². The number of carboxylic acid groups (broad SMARTS) is 1. The molecule has 2 N–H and O–H groups in total. The van der Waals surface area contributed by atoms with Crippen LogP contribution in [0.2, 0.25) is 0 Å². The zero-order valence-electron chi connectivity index (χ0n) is 19.5. The van der Waals surface area contributed by atoms with Gasteiger partial charge in [-0.2, -0.15) is 13.2 Å². The SMILES string of the molecule is O=C(O)C(F)(F)F.O=S(=O)(Cc1ccccc1)N1CCC2(CC1)COC(CN1CCCC(O)C1)C2. The standard InChI is InChI=1S/C21H32N2O4S.C2HF3O2/c24-19-7-4-10-22(14-19)15-20-13-21(17-27-20)8-11-23(12-9-21)28(25,26)16-18-5-2-1-3-6-18;3-2(4,5)1(6)7/h1-3,5-6,19-20,24H,4,7-17H2;(H,6,7). The van der Waals surface area contributed by atoms with Crippen LogP contribution in [0, 0.1) is 5.41 Å². The fourth-order valence-electron chi connectivity index (χ4n) is 4.96. The normalized spacial score (nSPS) is 25.7. The molecule has 3 aliphatic rings. The number of sulfonamides is 1. The van der Waals surface area contributed by atoms with Crippen molar-refractivity contribution >= 4 is 16.0 Å². The molecule has 0 bridgehead atoms. The molecule has 0 saturated carbocycles. The van der Waals surface area contributed by atoms with Gasteiger partial charge in [-0.15, -0.1) is 0 Å². The van der Waals surface area contributed by atoms with Crippen molar-refractivity contribution in [2.45, 2.75) is 56.2 Å². The van der Waals surface area contributed by atoms with E-state index in [0.717, 1.165) is 63.9 Å². The van der Waals surface area contributed by atoms with Gasteiger partial charge in [-0.05, 0) is 49.6 Å². The second kappa shape index (κ2) is 11.5. The molecular weight excluding hydrogens is 489 g/mol. The highest BCUT2D eigenvalue weighted by Gasteiger charge is 2.44. The molecule has 2 atom stereocenters. The third-order valence-electron chi connectivity index (χ3n) is 6.84. The van der Waals surface area contributed by atoms with Gasteiger partial charge in [0.1, 0.15) is 0 Å². The number of hydrogen-bond acceptors (Lipinski definition) is 6. The Morgan fingerprint density at radius 3 is 2.34 bits per heavy atom. The lowest BCUT2D eigenvalue weighted by molar-refractivity contribution is -0.192. The van der Waals surface area contributed by atoms with Crippen molar-refractivity contribution in [1.29, 1.82) is 0 Å². The molecule has 0 radical (unpaired) electrons. The first-order valence-electron chi connectivity index (χ1n) is 11.7. The first kappa shape index (κ1) is 27.9. The Hall–Kier alpha value is -1.73. The van der Waals surface area contributed by atoms with Gasteiger partial charge in [-0.3, -0.25) is 4.90 Å².